The van der Waals surface area contributed by atoms with E-state index in [0.717, 1.165) is 0 Å². The predicted octanol–water partition coefficient (Wildman–Crippen LogP) is 13.1. The molecular weight excluding hydrogens is 711 g/mol. The molecule has 4 nitrogen and oxygen atoms in total. The van der Waals surface area contributed by atoms with Crippen molar-refractivity contribution in [1.29, 1.82) is 0 Å². The van der Waals surface area contributed by atoms with E-state index in [4.69, 9.17) is 0 Å². The number of fused-ring (bicyclic) bond motifs is 2. The van der Waals surface area contributed by atoms with Crippen molar-refractivity contribution in [3.8, 4) is 0 Å². The Balaban J connectivity index is 1.60. The van der Waals surface area contributed by atoms with Crippen LogP contribution in [0.4, 0.5) is 71.8 Å². The van der Waals surface area contributed by atoms with Gasteiger partial charge in [-0.3, -0.25) is 19.6 Å². The summed E-state index contributed by atoms with van der Waals surface area (Å²) in [4.78, 5) is 7.29. The zero-order valence-corrected chi connectivity index (χ0v) is 31.2. The Bertz CT molecular complexity index is 2560. The second kappa shape index (κ2) is 13.0. The van der Waals surface area contributed by atoms with Gasteiger partial charge in [0.15, 0.2) is 11.6 Å². The first-order valence-electron chi connectivity index (χ1n) is 17.7. The van der Waals surface area contributed by atoms with E-state index in [1.807, 2.05) is 9.80 Å². The predicted molar refractivity (Wildman–Crippen MR) is 207 cm³/mol. The Kier molecular flexibility index (Phi) is 8.48. The lowest BCUT2D eigenvalue weighted by Crippen LogP contribution is -2.33. The minimum atomic E-state index is -0.541. The van der Waals surface area contributed by atoms with E-state index in [1.54, 1.807) is 119 Å². The largest absolute Gasteiger partial charge is 0.291 e. The molecule has 0 spiro atoms. The number of hydrogen-bond acceptors (Lipinski definition) is 4. The molecule has 0 saturated heterocycles. The summed E-state index contributed by atoms with van der Waals surface area (Å²) >= 11 is 0. The monoisotopic (exact) mass is 746 g/mol. The van der Waals surface area contributed by atoms with Crippen molar-refractivity contribution in [2.45, 2.75) is 48.5 Å². The van der Waals surface area contributed by atoms with Crippen molar-refractivity contribution in [2.24, 2.45) is 0 Å². The first-order chi connectivity index (χ1) is 26.1. The van der Waals surface area contributed by atoms with Crippen LogP contribution in [0.1, 0.15) is 38.9 Å². The lowest BCUT2D eigenvalue weighted by Gasteiger charge is -2.35. The number of hydrogen-bond donors (Lipinski definition) is 0. The molecule has 8 rings (SSSR count). The van der Waals surface area contributed by atoms with Crippen molar-refractivity contribution in [2.75, 3.05) is 19.6 Å². The molecule has 0 aromatic heterocycles. The SMILES string of the molecule is Cc1cc(N2/C(=C3/N(c4cc(C)c(F)c(C)c4)c4ccc(F)cc4N3c3cc(C)c(F)c(C)c3)N(c3cc(C)c(F)c(C)c3)c3cc(F)ccc32)ccc1F. The molecular formula is C45H36F6N4. The normalized spacial score (nSPS) is 15.0. The van der Waals surface area contributed by atoms with Crippen LogP contribution in [0.25, 0.3) is 0 Å². The van der Waals surface area contributed by atoms with Gasteiger partial charge in [-0.25, -0.2) is 26.3 Å². The third-order valence-electron chi connectivity index (χ3n) is 10.3. The Labute approximate surface area is 315 Å². The van der Waals surface area contributed by atoms with Crippen molar-refractivity contribution in [3.63, 3.8) is 0 Å². The fraction of sp³-hybridized carbons (Fsp3) is 0.156. The van der Waals surface area contributed by atoms with Gasteiger partial charge in [0.2, 0.25) is 0 Å². The zero-order chi connectivity index (χ0) is 39.2. The van der Waals surface area contributed by atoms with Crippen molar-refractivity contribution < 1.29 is 26.3 Å². The molecule has 0 fully saturated rings. The maximum absolute atomic E-state index is 15.5. The summed E-state index contributed by atoms with van der Waals surface area (Å²) in [6.07, 6.45) is 0. The van der Waals surface area contributed by atoms with Gasteiger partial charge < -0.3 is 0 Å². The molecule has 55 heavy (non-hydrogen) atoms. The molecule has 2 aliphatic heterocycles. The summed E-state index contributed by atoms with van der Waals surface area (Å²) in [5.74, 6) is -1.96. The topological polar surface area (TPSA) is 13.0 Å². The van der Waals surface area contributed by atoms with Crippen molar-refractivity contribution in [1.82, 2.24) is 0 Å². The molecule has 0 amide bonds. The maximum atomic E-state index is 15.5. The number of rotatable bonds is 4. The highest BCUT2D eigenvalue weighted by Gasteiger charge is 2.45. The van der Waals surface area contributed by atoms with Crippen LogP contribution in [-0.2, 0) is 0 Å². The van der Waals surface area contributed by atoms with Crippen LogP contribution in [-0.4, -0.2) is 0 Å². The third kappa shape index (κ3) is 5.70. The molecule has 0 N–H and O–H groups in total. The van der Waals surface area contributed by atoms with Gasteiger partial charge in [-0.1, -0.05) is 0 Å². The van der Waals surface area contributed by atoms with Crippen LogP contribution in [0.5, 0.6) is 0 Å². The van der Waals surface area contributed by atoms with Gasteiger partial charge in [0.25, 0.3) is 0 Å². The first-order valence-corrected chi connectivity index (χ1v) is 17.7. The number of aryl methyl sites for hydroxylation is 7. The van der Waals surface area contributed by atoms with Crippen molar-refractivity contribution >= 4 is 45.5 Å². The van der Waals surface area contributed by atoms with Crippen molar-refractivity contribution in [3.05, 3.63) is 176 Å². The van der Waals surface area contributed by atoms with Gasteiger partial charge in [-0.15, -0.1) is 0 Å². The molecule has 0 bridgehead atoms. The summed E-state index contributed by atoms with van der Waals surface area (Å²) in [6, 6.07) is 23.3. The zero-order valence-electron chi connectivity index (χ0n) is 31.2. The molecule has 0 aliphatic carbocycles. The lowest BCUT2D eigenvalue weighted by atomic mass is 10.1. The minimum absolute atomic E-state index is 0.341. The molecule has 0 saturated carbocycles. The number of halogens is 6. The standard InChI is InChI=1S/C45H36F6N4/c1-23-14-32(10-11-36(23)48)52-37-12-8-30(46)21-39(37)54(34-17-26(4)42(50)27(5)18-34)44(52)45-53(33-15-24(2)41(49)25(3)16-33)38-13-9-31(47)22-40(38)55(45)35-19-28(6)43(51)29(7)20-35/h8-22H,1-7H3/b45-44+. The minimum Gasteiger partial charge on any atom is -0.291 e. The lowest BCUT2D eigenvalue weighted by molar-refractivity contribution is 0.609. The molecule has 6 aromatic rings. The van der Waals surface area contributed by atoms with E-state index in [-0.39, 0.29) is 5.82 Å². The smallest absolute Gasteiger partial charge is 0.166 e. The highest BCUT2D eigenvalue weighted by atomic mass is 19.1. The van der Waals surface area contributed by atoms with Crippen LogP contribution in [0.2, 0.25) is 0 Å². The maximum Gasteiger partial charge on any atom is 0.166 e. The van der Waals surface area contributed by atoms with Gasteiger partial charge in [0.1, 0.15) is 34.9 Å². The van der Waals surface area contributed by atoms with Crippen LogP contribution in [0.15, 0.2) is 103 Å². The van der Waals surface area contributed by atoms with Gasteiger partial charge in [-0.2, -0.15) is 0 Å². The number of benzene rings is 6. The van der Waals surface area contributed by atoms with Crippen LogP contribution < -0.4 is 19.6 Å². The Morgan fingerprint density at radius 1 is 0.309 bits per heavy atom. The Morgan fingerprint density at radius 3 is 0.964 bits per heavy atom. The molecule has 0 unspecified atom stereocenters. The van der Waals surface area contributed by atoms with Crippen LogP contribution in [0, 0.1) is 83.4 Å². The van der Waals surface area contributed by atoms with E-state index >= 15 is 22.0 Å². The first kappa shape index (κ1) is 35.8. The highest BCUT2D eigenvalue weighted by Crippen LogP contribution is 2.58. The van der Waals surface area contributed by atoms with E-state index in [0.29, 0.717) is 96.1 Å². The van der Waals surface area contributed by atoms with Gasteiger partial charge >= 0.3 is 0 Å². The summed E-state index contributed by atoms with van der Waals surface area (Å²) in [5.41, 5.74) is 6.21. The van der Waals surface area contributed by atoms with Crippen LogP contribution >= 0.6 is 0 Å². The van der Waals surface area contributed by atoms with E-state index in [1.165, 1.54) is 30.3 Å². The fourth-order valence-electron chi connectivity index (χ4n) is 7.76. The second-order valence-corrected chi connectivity index (χ2v) is 14.4. The molecule has 0 atom stereocenters. The number of anilines is 8. The molecule has 10 heteroatoms. The Hall–Kier alpha value is -6.16. The van der Waals surface area contributed by atoms with E-state index in [9.17, 15) is 4.39 Å². The summed E-state index contributed by atoms with van der Waals surface area (Å²) < 4.78 is 92.0. The van der Waals surface area contributed by atoms with Gasteiger partial charge in [0, 0.05) is 34.9 Å². The van der Waals surface area contributed by atoms with Crippen LogP contribution in [0.3, 0.4) is 0 Å². The third-order valence-corrected chi connectivity index (χ3v) is 10.3. The number of nitrogens with zero attached hydrogens (tertiary/aromatic N) is 4. The molecule has 0 radical (unpaired) electrons. The van der Waals surface area contributed by atoms with Gasteiger partial charge in [-0.05, 0) is 166 Å². The molecule has 2 aliphatic rings. The summed E-state index contributed by atoms with van der Waals surface area (Å²) in [5, 5.41) is 0. The average Bonchev–Trinajstić information content (AvgIpc) is 3.64. The van der Waals surface area contributed by atoms with E-state index < -0.39 is 29.1 Å². The Morgan fingerprint density at radius 2 is 0.618 bits per heavy atom. The molecule has 278 valence electrons. The molecule has 6 aromatic carbocycles. The highest BCUT2D eigenvalue weighted by molar-refractivity contribution is 6.00. The van der Waals surface area contributed by atoms with E-state index in [2.05, 4.69) is 0 Å². The summed E-state index contributed by atoms with van der Waals surface area (Å²) in [6.45, 7) is 11.5. The van der Waals surface area contributed by atoms with Gasteiger partial charge in [0.05, 0.1) is 22.7 Å². The molecule has 2 heterocycles. The fourth-order valence-corrected chi connectivity index (χ4v) is 7.76. The summed E-state index contributed by atoms with van der Waals surface area (Å²) in [7, 11) is 0. The average molecular weight is 747 g/mol. The quantitative estimate of drug-likeness (QED) is 0.167. The second-order valence-electron chi connectivity index (χ2n) is 14.4.